The van der Waals surface area contributed by atoms with Gasteiger partial charge in [-0.05, 0) is 37.4 Å². The normalized spacial score (nSPS) is 14.8. The van der Waals surface area contributed by atoms with Crippen molar-refractivity contribution in [1.82, 2.24) is 19.8 Å². The summed E-state index contributed by atoms with van der Waals surface area (Å²) in [6.45, 7) is 3.26. The van der Waals surface area contributed by atoms with E-state index in [1.54, 1.807) is 18.3 Å². The predicted molar refractivity (Wildman–Crippen MR) is 106 cm³/mol. The second kappa shape index (κ2) is 8.22. The topological polar surface area (TPSA) is 67.8 Å². The van der Waals surface area contributed by atoms with Crippen LogP contribution in [0.2, 0.25) is 0 Å². The average Bonchev–Trinajstić information content (AvgIpc) is 2.73. The van der Waals surface area contributed by atoms with Crippen LogP contribution in [0.3, 0.4) is 0 Å². The summed E-state index contributed by atoms with van der Waals surface area (Å²) in [5.41, 5.74) is 0.776. The van der Waals surface area contributed by atoms with E-state index in [0.717, 1.165) is 37.1 Å². The Balaban J connectivity index is 1.39. The van der Waals surface area contributed by atoms with E-state index in [9.17, 15) is 4.79 Å². The zero-order valence-corrected chi connectivity index (χ0v) is 15.7. The number of nitrogens with zero attached hydrogens (tertiary/aromatic N) is 4. The molecule has 0 spiro atoms. The molecule has 1 aliphatic rings. The van der Waals surface area contributed by atoms with Gasteiger partial charge in [0.2, 0.25) is 11.8 Å². The number of ether oxygens (including phenoxy) is 2. The Bertz CT molecular complexity index is 956. The average molecular weight is 378 g/mol. The first-order valence-electron chi connectivity index (χ1n) is 9.26. The van der Waals surface area contributed by atoms with Gasteiger partial charge in [0.25, 0.3) is 5.91 Å². The van der Waals surface area contributed by atoms with Gasteiger partial charge in [-0.25, -0.2) is 9.97 Å². The van der Waals surface area contributed by atoms with E-state index in [-0.39, 0.29) is 12.5 Å². The maximum absolute atomic E-state index is 12.3. The van der Waals surface area contributed by atoms with Crippen LogP contribution in [0.1, 0.15) is 0 Å². The Morgan fingerprint density at radius 2 is 1.89 bits per heavy atom. The summed E-state index contributed by atoms with van der Waals surface area (Å²) >= 11 is 0. The monoisotopic (exact) mass is 378 g/mol. The predicted octanol–water partition coefficient (Wildman–Crippen LogP) is 2.57. The largest absolute Gasteiger partial charge is 0.468 e. The fourth-order valence-electron chi connectivity index (χ4n) is 3.04. The van der Waals surface area contributed by atoms with Crippen molar-refractivity contribution in [2.45, 2.75) is 0 Å². The van der Waals surface area contributed by atoms with Crippen LogP contribution >= 0.6 is 0 Å². The van der Waals surface area contributed by atoms with Gasteiger partial charge in [-0.3, -0.25) is 4.79 Å². The Labute approximate surface area is 163 Å². The van der Waals surface area contributed by atoms with Crippen LogP contribution in [-0.2, 0) is 4.79 Å². The molecule has 0 N–H and O–H groups in total. The molecule has 28 heavy (non-hydrogen) atoms. The van der Waals surface area contributed by atoms with Crippen LogP contribution in [0.4, 0.5) is 0 Å². The van der Waals surface area contributed by atoms with Gasteiger partial charge in [0.05, 0.1) is 5.52 Å². The number of pyridine rings is 2. The third-order valence-corrected chi connectivity index (χ3v) is 4.69. The number of hydrogen-bond donors (Lipinski definition) is 0. The highest BCUT2D eigenvalue weighted by molar-refractivity contribution is 5.81. The first-order valence-corrected chi connectivity index (χ1v) is 9.26. The minimum absolute atomic E-state index is 0.00307. The number of benzene rings is 1. The number of fused-ring (bicyclic) bond motifs is 1. The van der Waals surface area contributed by atoms with E-state index in [4.69, 9.17) is 9.47 Å². The van der Waals surface area contributed by atoms with E-state index in [1.165, 1.54) is 0 Å². The molecule has 1 saturated heterocycles. The lowest BCUT2D eigenvalue weighted by molar-refractivity contribution is -0.135. The van der Waals surface area contributed by atoms with Crippen LogP contribution in [0.25, 0.3) is 10.9 Å². The summed E-state index contributed by atoms with van der Waals surface area (Å²) in [7, 11) is 2.06. The SMILES string of the molecule is CN1CCN(C(=O)COc2ccc3cc(Oc4ccccn4)ccc3n2)CC1. The number of carbonyl (C=O) groups is 1. The molecule has 0 atom stereocenters. The molecule has 4 rings (SSSR count). The third kappa shape index (κ3) is 4.37. The van der Waals surface area contributed by atoms with E-state index in [1.807, 2.05) is 41.3 Å². The van der Waals surface area contributed by atoms with Crippen molar-refractivity contribution in [3.8, 4) is 17.5 Å². The first kappa shape index (κ1) is 18.2. The minimum atomic E-state index is -0.00546. The number of amides is 1. The zero-order chi connectivity index (χ0) is 19.3. The van der Waals surface area contributed by atoms with Crippen molar-refractivity contribution in [3.63, 3.8) is 0 Å². The number of rotatable bonds is 5. The number of hydrogen-bond acceptors (Lipinski definition) is 6. The summed E-state index contributed by atoms with van der Waals surface area (Å²) in [4.78, 5) is 25.0. The van der Waals surface area contributed by atoms with Crippen molar-refractivity contribution >= 4 is 16.8 Å². The van der Waals surface area contributed by atoms with Crippen molar-refractivity contribution in [3.05, 3.63) is 54.7 Å². The molecule has 1 aromatic carbocycles. The second-order valence-corrected chi connectivity index (χ2v) is 6.75. The highest BCUT2D eigenvalue weighted by Crippen LogP contribution is 2.25. The van der Waals surface area contributed by atoms with E-state index in [0.29, 0.717) is 17.5 Å². The van der Waals surface area contributed by atoms with Crippen LogP contribution in [-0.4, -0.2) is 65.5 Å². The molecule has 0 unspecified atom stereocenters. The van der Waals surface area contributed by atoms with E-state index >= 15 is 0 Å². The Kier molecular flexibility index (Phi) is 5.34. The number of carbonyl (C=O) groups excluding carboxylic acids is 1. The van der Waals surface area contributed by atoms with Gasteiger partial charge < -0.3 is 19.3 Å². The number of aromatic nitrogens is 2. The molecule has 3 aromatic rings. The smallest absolute Gasteiger partial charge is 0.260 e. The van der Waals surface area contributed by atoms with E-state index in [2.05, 4.69) is 21.9 Å². The third-order valence-electron chi connectivity index (χ3n) is 4.69. The lowest BCUT2D eigenvalue weighted by atomic mass is 10.2. The molecular formula is C21H22N4O3. The van der Waals surface area contributed by atoms with Gasteiger partial charge in [0.15, 0.2) is 6.61 Å². The van der Waals surface area contributed by atoms with Crippen LogP contribution in [0.5, 0.6) is 17.5 Å². The molecule has 1 aliphatic heterocycles. The zero-order valence-electron chi connectivity index (χ0n) is 15.7. The number of piperazine rings is 1. The van der Waals surface area contributed by atoms with Gasteiger partial charge in [-0.1, -0.05) is 6.07 Å². The van der Waals surface area contributed by atoms with Crippen LogP contribution < -0.4 is 9.47 Å². The fourth-order valence-corrected chi connectivity index (χ4v) is 3.04. The lowest BCUT2D eigenvalue weighted by Gasteiger charge is -2.32. The second-order valence-electron chi connectivity index (χ2n) is 6.75. The molecule has 3 heterocycles. The molecule has 0 bridgehead atoms. The summed E-state index contributed by atoms with van der Waals surface area (Å²) in [6, 6.07) is 14.8. The maximum atomic E-state index is 12.3. The minimum Gasteiger partial charge on any atom is -0.468 e. The summed E-state index contributed by atoms with van der Waals surface area (Å²) < 4.78 is 11.4. The summed E-state index contributed by atoms with van der Waals surface area (Å²) in [5, 5.41) is 0.922. The van der Waals surface area contributed by atoms with Gasteiger partial charge in [-0.15, -0.1) is 0 Å². The van der Waals surface area contributed by atoms with Gasteiger partial charge in [0, 0.05) is 49.9 Å². The summed E-state index contributed by atoms with van der Waals surface area (Å²) in [6.07, 6.45) is 1.69. The van der Waals surface area contributed by atoms with Gasteiger partial charge in [-0.2, -0.15) is 0 Å². The Hall–Kier alpha value is -3.19. The highest BCUT2D eigenvalue weighted by Gasteiger charge is 2.19. The lowest BCUT2D eigenvalue weighted by Crippen LogP contribution is -2.48. The fraction of sp³-hybridized carbons (Fsp3) is 0.286. The number of likely N-dealkylation sites (N-methyl/N-ethyl adjacent to an activating group) is 1. The molecule has 0 aliphatic carbocycles. The molecule has 7 nitrogen and oxygen atoms in total. The maximum Gasteiger partial charge on any atom is 0.260 e. The quantitative estimate of drug-likeness (QED) is 0.680. The van der Waals surface area contributed by atoms with Crippen molar-refractivity contribution in [2.75, 3.05) is 39.8 Å². The molecule has 1 fully saturated rings. The van der Waals surface area contributed by atoms with Crippen molar-refractivity contribution < 1.29 is 14.3 Å². The Morgan fingerprint density at radius 3 is 2.68 bits per heavy atom. The molecule has 0 saturated carbocycles. The van der Waals surface area contributed by atoms with Gasteiger partial charge in [0.1, 0.15) is 5.75 Å². The first-order chi connectivity index (χ1) is 13.7. The Morgan fingerprint density at radius 1 is 1.04 bits per heavy atom. The highest BCUT2D eigenvalue weighted by atomic mass is 16.5. The van der Waals surface area contributed by atoms with E-state index < -0.39 is 0 Å². The summed E-state index contributed by atoms with van der Waals surface area (Å²) in [5.74, 6) is 1.66. The molecule has 0 radical (unpaired) electrons. The molecule has 2 aromatic heterocycles. The van der Waals surface area contributed by atoms with Crippen molar-refractivity contribution in [2.24, 2.45) is 0 Å². The van der Waals surface area contributed by atoms with Gasteiger partial charge >= 0.3 is 0 Å². The molecule has 7 heteroatoms. The molecule has 144 valence electrons. The van der Waals surface area contributed by atoms with Crippen LogP contribution in [0, 0.1) is 0 Å². The molecule has 1 amide bonds. The standard InChI is InChI=1S/C21H22N4O3/c1-24-10-12-25(13-11-24)21(26)15-27-20-8-5-16-14-17(6-7-18(16)23-20)28-19-4-2-3-9-22-19/h2-9,14H,10-13,15H2,1H3. The molecular weight excluding hydrogens is 356 g/mol. The van der Waals surface area contributed by atoms with Crippen molar-refractivity contribution in [1.29, 1.82) is 0 Å². The van der Waals surface area contributed by atoms with Crippen LogP contribution in [0.15, 0.2) is 54.7 Å².